The van der Waals surface area contributed by atoms with Crippen LogP contribution in [0.5, 0.6) is 11.8 Å². The van der Waals surface area contributed by atoms with E-state index in [0.717, 1.165) is 12.8 Å². The van der Waals surface area contributed by atoms with E-state index in [0.29, 0.717) is 31.4 Å². The number of halogens is 2. The van der Waals surface area contributed by atoms with Gasteiger partial charge in [0.2, 0.25) is 17.7 Å². The number of nitrogens with zero attached hydrogens (tertiary/aromatic N) is 3. The number of aromatic nitrogens is 3. The SMILES string of the molecule is CC(=O)NCCOC1CC(COc2ncnc(OCc3cc(F)ccn3)c2Cl)C1. The molecule has 0 saturated heterocycles. The van der Waals surface area contributed by atoms with Gasteiger partial charge in [0.25, 0.3) is 0 Å². The lowest BCUT2D eigenvalue weighted by Crippen LogP contribution is -2.37. The fraction of sp³-hybridized carbons (Fsp3) is 0.474. The second-order valence-corrected chi connectivity index (χ2v) is 7.05. The molecule has 0 aliphatic heterocycles. The third kappa shape index (κ3) is 6.50. The minimum atomic E-state index is -0.394. The Bertz CT molecular complexity index is 836. The first-order valence-electron chi connectivity index (χ1n) is 9.24. The molecule has 1 aliphatic carbocycles. The zero-order chi connectivity index (χ0) is 20.6. The topological polar surface area (TPSA) is 95.5 Å². The summed E-state index contributed by atoms with van der Waals surface area (Å²) in [5.74, 6) is 0.266. The van der Waals surface area contributed by atoms with E-state index in [1.165, 1.54) is 31.6 Å². The first-order chi connectivity index (χ1) is 14.0. The summed E-state index contributed by atoms with van der Waals surface area (Å²) in [6.45, 7) is 2.96. The Labute approximate surface area is 172 Å². The Morgan fingerprint density at radius 2 is 2.03 bits per heavy atom. The van der Waals surface area contributed by atoms with Crippen LogP contribution < -0.4 is 14.8 Å². The van der Waals surface area contributed by atoms with Crippen molar-refractivity contribution in [1.82, 2.24) is 20.3 Å². The Kier molecular flexibility index (Phi) is 7.54. The monoisotopic (exact) mass is 424 g/mol. The average Bonchev–Trinajstić information content (AvgIpc) is 2.65. The van der Waals surface area contributed by atoms with Gasteiger partial charge in [0.15, 0.2) is 5.02 Å². The number of carbonyl (C=O) groups is 1. The molecule has 2 aromatic rings. The molecular weight excluding hydrogens is 403 g/mol. The largest absolute Gasteiger partial charge is 0.476 e. The highest BCUT2D eigenvalue weighted by Gasteiger charge is 2.30. The first kappa shape index (κ1) is 21.2. The van der Waals surface area contributed by atoms with Crippen LogP contribution in [0.1, 0.15) is 25.5 Å². The van der Waals surface area contributed by atoms with Crippen LogP contribution in [0.15, 0.2) is 24.7 Å². The van der Waals surface area contributed by atoms with Crippen molar-refractivity contribution in [2.45, 2.75) is 32.5 Å². The molecule has 1 amide bonds. The number of carbonyl (C=O) groups excluding carboxylic acids is 1. The number of pyridine rings is 1. The van der Waals surface area contributed by atoms with Crippen molar-refractivity contribution in [2.24, 2.45) is 5.92 Å². The Morgan fingerprint density at radius 3 is 2.76 bits per heavy atom. The molecule has 0 bridgehead atoms. The Balaban J connectivity index is 1.41. The third-order valence-corrected chi connectivity index (χ3v) is 4.66. The van der Waals surface area contributed by atoms with E-state index in [1.54, 1.807) is 0 Å². The predicted molar refractivity (Wildman–Crippen MR) is 102 cm³/mol. The standard InChI is InChI=1S/C19H22ClFN4O4/c1-12(26)22-4-5-27-16-6-13(7-16)9-28-18-17(20)19(25-11-24-18)29-10-15-8-14(21)2-3-23-15/h2-3,8,11,13,16H,4-7,9-10H2,1H3,(H,22,26). The van der Waals surface area contributed by atoms with Gasteiger partial charge in [-0.05, 0) is 30.9 Å². The van der Waals surface area contributed by atoms with E-state index < -0.39 is 5.82 Å². The van der Waals surface area contributed by atoms with Crippen molar-refractivity contribution in [2.75, 3.05) is 19.8 Å². The minimum absolute atomic E-state index is 0.0219. The van der Waals surface area contributed by atoms with Crippen LogP contribution >= 0.6 is 11.6 Å². The second-order valence-electron chi connectivity index (χ2n) is 6.68. The maximum absolute atomic E-state index is 13.2. The number of amides is 1. The lowest BCUT2D eigenvalue weighted by atomic mass is 9.83. The number of rotatable bonds is 10. The molecule has 1 aliphatic rings. The number of ether oxygens (including phenoxy) is 3. The fourth-order valence-corrected chi connectivity index (χ4v) is 3.01. The molecule has 0 atom stereocenters. The number of hydrogen-bond acceptors (Lipinski definition) is 7. The minimum Gasteiger partial charge on any atom is -0.476 e. The van der Waals surface area contributed by atoms with E-state index >= 15 is 0 Å². The molecule has 156 valence electrons. The molecule has 0 aromatic carbocycles. The zero-order valence-electron chi connectivity index (χ0n) is 15.9. The summed E-state index contributed by atoms with van der Waals surface area (Å²) < 4.78 is 30.1. The quantitative estimate of drug-likeness (QED) is 0.585. The summed E-state index contributed by atoms with van der Waals surface area (Å²) in [7, 11) is 0. The summed E-state index contributed by atoms with van der Waals surface area (Å²) in [6, 6.07) is 2.53. The molecule has 1 saturated carbocycles. The van der Waals surface area contributed by atoms with Gasteiger partial charge in [-0.2, -0.15) is 0 Å². The third-order valence-electron chi connectivity index (χ3n) is 4.34. The fourth-order valence-electron chi connectivity index (χ4n) is 2.81. The first-order valence-corrected chi connectivity index (χ1v) is 9.61. The molecule has 8 nitrogen and oxygen atoms in total. The van der Waals surface area contributed by atoms with E-state index in [2.05, 4.69) is 20.3 Å². The molecule has 3 rings (SSSR count). The van der Waals surface area contributed by atoms with Crippen LogP contribution in [-0.4, -0.2) is 46.7 Å². The molecule has 10 heteroatoms. The van der Waals surface area contributed by atoms with Gasteiger partial charge in [-0.3, -0.25) is 9.78 Å². The number of nitrogens with one attached hydrogen (secondary N) is 1. The van der Waals surface area contributed by atoms with Crippen LogP contribution in [0.4, 0.5) is 4.39 Å². The molecule has 29 heavy (non-hydrogen) atoms. The van der Waals surface area contributed by atoms with E-state index in [1.807, 2.05) is 0 Å². The highest BCUT2D eigenvalue weighted by Crippen LogP contribution is 2.33. The van der Waals surface area contributed by atoms with Crippen LogP contribution in [0.25, 0.3) is 0 Å². The highest BCUT2D eigenvalue weighted by atomic mass is 35.5. The van der Waals surface area contributed by atoms with Crippen LogP contribution in [-0.2, 0) is 16.1 Å². The van der Waals surface area contributed by atoms with Gasteiger partial charge in [0.05, 0.1) is 25.0 Å². The molecule has 2 aromatic heterocycles. The maximum atomic E-state index is 13.2. The van der Waals surface area contributed by atoms with E-state index in [9.17, 15) is 9.18 Å². The van der Waals surface area contributed by atoms with Gasteiger partial charge < -0.3 is 19.5 Å². The lowest BCUT2D eigenvalue weighted by Gasteiger charge is -2.34. The van der Waals surface area contributed by atoms with Crippen molar-refractivity contribution >= 4 is 17.5 Å². The van der Waals surface area contributed by atoms with Crippen LogP contribution in [0.2, 0.25) is 5.02 Å². The summed E-state index contributed by atoms with van der Waals surface area (Å²) >= 11 is 6.26. The van der Waals surface area contributed by atoms with Crippen molar-refractivity contribution in [3.05, 3.63) is 41.2 Å². The summed E-state index contributed by atoms with van der Waals surface area (Å²) in [4.78, 5) is 22.8. The zero-order valence-corrected chi connectivity index (χ0v) is 16.7. The van der Waals surface area contributed by atoms with Gasteiger partial charge >= 0.3 is 0 Å². The average molecular weight is 425 g/mol. The number of hydrogen-bond donors (Lipinski definition) is 1. The van der Waals surface area contributed by atoms with Gasteiger partial charge in [-0.1, -0.05) is 11.6 Å². The van der Waals surface area contributed by atoms with E-state index in [4.69, 9.17) is 25.8 Å². The van der Waals surface area contributed by atoms with Crippen LogP contribution in [0, 0.1) is 11.7 Å². The van der Waals surface area contributed by atoms with Gasteiger partial charge in [-0.25, -0.2) is 14.4 Å². The van der Waals surface area contributed by atoms with Crippen molar-refractivity contribution < 1.29 is 23.4 Å². The Morgan fingerprint density at radius 1 is 1.28 bits per heavy atom. The molecule has 0 radical (unpaired) electrons. The maximum Gasteiger partial charge on any atom is 0.240 e. The highest BCUT2D eigenvalue weighted by molar-refractivity contribution is 6.33. The molecule has 2 heterocycles. The summed E-state index contributed by atoms with van der Waals surface area (Å²) in [5, 5.41) is 2.85. The van der Waals surface area contributed by atoms with Gasteiger partial charge in [-0.15, -0.1) is 0 Å². The van der Waals surface area contributed by atoms with Crippen molar-refractivity contribution in [3.63, 3.8) is 0 Å². The molecule has 0 unspecified atom stereocenters. The smallest absolute Gasteiger partial charge is 0.240 e. The lowest BCUT2D eigenvalue weighted by molar-refractivity contribution is -0.119. The Hall–Kier alpha value is -2.52. The van der Waals surface area contributed by atoms with Crippen molar-refractivity contribution in [1.29, 1.82) is 0 Å². The van der Waals surface area contributed by atoms with Gasteiger partial charge in [0.1, 0.15) is 18.8 Å². The predicted octanol–water partition coefficient (Wildman–Crippen LogP) is 2.55. The summed E-state index contributed by atoms with van der Waals surface area (Å²) in [5.41, 5.74) is 0.418. The molecule has 0 spiro atoms. The summed E-state index contributed by atoms with van der Waals surface area (Å²) in [6.07, 6.45) is 4.58. The van der Waals surface area contributed by atoms with Crippen molar-refractivity contribution in [3.8, 4) is 11.8 Å². The normalized spacial score (nSPS) is 18.0. The van der Waals surface area contributed by atoms with Gasteiger partial charge in [0, 0.05) is 19.7 Å². The second kappa shape index (κ2) is 10.3. The molecule has 1 N–H and O–H groups in total. The van der Waals surface area contributed by atoms with E-state index in [-0.39, 0.29) is 35.4 Å². The van der Waals surface area contributed by atoms with Crippen LogP contribution in [0.3, 0.4) is 0 Å². The molecular formula is C19H22ClFN4O4. The molecule has 1 fully saturated rings.